The maximum absolute atomic E-state index is 12.2. The van der Waals surface area contributed by atoms with Crippen molar-refractivity contribution >= 4 is 23.8 Å². The lowest BCUT2D eigenvalue weighted by Crippen LogP contribution is -2.64. The van der Waals surface area contributed by atoms with Crippen LogP contribution in [0, 0.1) is 11.3 Å². The van der Waals surface area contributed by atoms with Gasteiger partial charge in [0.2, 0.25) is 11.8 Å². The van der Waals surface area contributed by atoms with E-state index in [4.69, 9.17) is 5.11 Å². The monoisotopic (exact) mass is 280 g/mol. The molecule has 2 fully saturated rings. The molecule has 0 atom stereocenters. The Balaban J connectivity index is 2.32. The average Bonchev–Trinajstić information content (AvgIpc) is 2.86. The van der Waals surface area contributed by atoms with Crippen LogP contribution in [-0.4, -0.2) is 28.9 Å². The van der Waals surface area contributed by atoms with Crippen molar-refractivity contribution in [1.82, 2.24) is 10.6 Å². The highest BCUT2D eigenvalue weighted by molar-refractivity contribution is 6.19. The van der Waals surface area contributed by atoms with E-state index in [1.54, 1.807) is 0 Å². The van der Waals surface area contributed by atoms with Crippen LogP contribution in [0.1, 0.15) is 32.1 Å². The standard InChI is InChI=1S/C13H16N2O5/c16-9(17)6-3-7-13(8-4-1-2-5-8)10(18)14-12(20)15-11(13)19/h3,6,8H,1-2,4-5,7H2,(H,16,17)(H2,14,15,18,19,20)/b6-3+. The Morgan fingerprint density at radius 3 is 2.25 bits per heavy atom. The van der Waals surface area contributed by atoms with Gasteiger partial charge in [0.15, 0.2) is 0 Å². The first-order chi connectivity index (χ1) is 9.46. The topological polar surface area (TPSA) is 113 Å². The normalized spacial score (nSPS) is 22.9. The molecule has 3 N–H and O–H groups in total. The van der Waals surface area contributed by atoms with Crippen molar-refractivity contribution in [3.63, 3.8) is 0 Å². The van der Waals surface area contributed by atoms with Crippen LogP contribution < -0.4 is 10.6 Å². The second kappa shape index (κ2) is 5.44. The highest BCUT2D eigenvalue weighted by Crippen LogP contribution is 2.44. The highest BCUT2D eigenvalue weighted by Gasteiger charge is 2.54. The molecule has 7 heteroatoms. The van der Waals surface area contributed by atoms with Gasteiger partial charge in [-0.05, 0) is 25.2 Å². The number of urea groups is 1. The third kappa shape index (κ3) is 2.43. The smallest absolute Gasteiger partial charge is 0.328 e. The number of carboxylic acid groups (broad SMARTS) is 1. The van der Waals surface area contributed by atoms with E-state index in [9.17, 15) is 19.2 Å². The molecule has 1 saturated carbocycles. The molecule has 0 spiro atoms. The number of nitrogens with one attached hydrogen (secondary N) is 2. The quantitative estimate of drug-likeness (QED) is 0.514. The molecule has 1 aliphatic carbocycles. The molecule has 108 valence electrons. The van der Waals surface area contributed by atoms with Crippen molar-refractivity contribution in [2.75, 3.05) is 0 Å². The Hall–Kier alpha value is -2.18. The molecule has 0 aromatic rings. The van der Waals surface area contributed by atoms with Crippen LogP contribution >= 0.6 is 0 Å². The van der Waals surface area contributed by atoms with Gasteiger partial charge < -0.3 is 5.11 Å². The number of aliphatic carboxylic acids is 1. The molecule has 1 aliphatic heterocycles. The van der Waals surface area contributed by atoms with Crippen LogP contribution in [0.2, 0.25) is 0 Å². The summed E-state index contributed by atoms with van der Waals surface area (Å²) in [6, 6.07) is -0.823. The fraction of sp³-hybridized carbons (Fsp3) is 0.538. The van der Waals surface area contributed by atoms with Gasteiger partial charge in [0.05, 0.1) is 0 Å². The molecule has 2 rings (SSSR count). The van der Waals surface area contributed by atoms with Crippen LogP contribution in [0.5, 0.6) is 0 Å². The van der Waals surface area contributed by atoms with E-state index in [1.807, 2.05) is 0 Å². The maximum atomic E-state index is 12.2. The predicted molar refractivity (Wildman–Crippen MR) is 67.5 cm³/mol. The summed E-state index contributed by atoms with van der Waals surface area (Å²) < 4.78 is 0. The Bertz CT molecular complexity index is 471. The van der Waals surface area contributed by atoms with Gasteiger partial charge in [-0.1, -0.05) is 18.9 Å². The molecule has 4 amide bonds. The second-order valence-corrected chi connectivity index (χ2v) is 5.13. The molecule has 0 bridgehead atoms. The summed E-state index contributed by atoms with van der Waals surface area (Å²) in [6.45, 7) is 0. The Morgan fingerprint density at radius 1 is 1.20 bits per heavy atom. The van der Waals surface area contributed by atoms with Crippen LogP contribution in [0.25, 0.3) is 0 Å². The van der Waals surface area contributed by atoms with Gasteiger partial charge in [-0.25, -0.2) is 9.59 Å². The van der Waals surface area contributed by atoms with E-state index in [0.717, 1.165) is 31.8 Å². The molecule has 2 aliphatic rings. The van der Waals surface area contributed by atoms with Crippen molar-refractivity contribution in [3.05, 3.63) is 12.2 Å². The molecule has 7 nitrogen and oxygen atoms in total. The Kier molecular flexibility index (Phi) is 3.87. The van der Waals surface area contributed by atoms with E-state index in [-0.39, 0.29) is 12.3 Å². The van der Waals surface area contributed by atoms with Crippen molar-refractivity contribution in [3.8, 4) is 0 Å². The Labute approximate surface area is 115 Å². The summed E-state index contributed by atoms with van der Waals surface area (Å²) in [5.74, 6) is -2.57. The zero-order valence-corrected chi connectivity index (χ0v) is 10.8. The molecular weight excluding hydrogens is 264 g/mol. The number of hydrogen-bond acceptors (Lipinski definition) is 4. The minimum absolute atomic E-state index is 0.0189. The fourth-order valence-electron chi connectivity index (χ4n) is 3.05. The van der Waals surface area contributed by atoms with Crippen LogP contribution in [0.3, 0.4) is 0 Å². The number of barbiturate groups is 1. The zero-order chi connectivity index (χ0) is 14.8. The van der Waals surface area contributed by atoms with Crippen molar-refractivity contribution in [2.24, 2.45) is 11.3 Å². The third-order valence-corrected chi connectivity index (χ3v) is 4.02. The number of hydrogen-bond donors (Lipinski definition) is 3. The minimum atomic E-state index is -1.38. The van der Waals surface area contributed by atoms with Crippen LogP contribution in [-0.2, 0) is 14.4 Å². The summed E-state index contributed by atoms with van der Waals surface area (Å²) in [6.07, 6.45) is 5.47. The number of allylic oxidation sites excluding steroid dienone is 1. The molecule has 0 aromatic heterocycles. The fourth-order valence-corrected chi connectivity index (χ4v) is 3.05. The maximum Gasteiger partial charge on any atom is 0.328 e. The van der Waals surface area contributed by atoms with Crippen LogP contribution in [0.15, 0.2) is 12.2 Å². The first-order valence-electron chi connectivity index (χ1n) is 6.53. The molecule has 1 saturated heterocycles. The predicted octanol–water partition coefficient (Wildman–Crippen LogP) is 0.560. The lowest BCUT2D eigenvalue weighted by molar-refractivity contribution is -0.148. The SMILES string of the molecule is O=C(O)/C=C/CC1(C2CCCC2)C(=O)NC(=O)NC1=O. The molecular formula is C13H16N2O5. The van der Waals surface area contributed by atoms with Gasteiger partial charge in [0, 0.05) is 6.08 Å². The van der Waals surface area contributed by atoms with E-state index in [2.05, 4.69) is 10.6 Å². The van der Waals surface area contributed by atoms with Crippen molar-refractivity contribution in [2.45, 2.75) is 32.1 Å². The molecule has 0 radical (unpaired) electrons. The largest absolute Gasteiger partial charge is 0.478 e. The van der Waals surface area contributed by atoms with Gasteiger partial charge >= 0.3 is 12.0 Å². The minimum Gasteiger partial charge on any atom is -0.478 e. The van der Waals surface area contributed by atoms with E-state index in [1.165, 1.54) is 6.08 Å². The number of carbonyl (C=O) groups excluding carboxylic acids is 3. The van der Waals surface area contributed by atoms with Crippen molar-refractivity contribution in [1.29, 1.82) is 0 Å². The summed E-state index contributed by atoms with van der Waals surface area (Å²) in [5.41, 5.74) is -1.38. The van der Waals surface area contributed by atoms with Gasteiger partial charge in [0.25, 0.3) is 0 Å². The summed E-state index contributed by atoms with van der Waals surface area (Å²) >= 11 is 0. The van der Waals surface area contributed by atoms with Gasteiger partial charge in [-0.15, -0.1) is 0 Å². The van der Waals surface area contributed by atoms with E-state index in [0.29, 0.717) is 0 Å². The number of imide groups is 2. The molecule has 0 unspecified atom stereocenters. The van der Waals surface area contributed by atoms with Gasteiger partial charge in [-0.2, -0.15) is 0 Å². The number of rotatable bonds is 4. The summed E-state index contributed by atoms with van der Waals surface area (Å²) in [7, 11) is 0. The highest BCUT2D eigenvalue weighted by atomic mass is 16.4. The Morgan fingerprint density at radius 2 is 1.75 bits per heavy atom. The number of carbonyl (C=O) groups is 4. The number of amides is 4. The van der Waals surface area contributed by atoms with Crippen molar-refractivity contribution < 1.29 is 24.3 Å². The van der Waals surface area contributed by atoms with Crippen LogP contribution in [0.4, 0.5) is 4.79 Å². The lowest BCUT2D eigenvalue weighted by atomic mass is 9.69. The lowest BCUT2D eigenvalue weighted by Gasteiger charge is -2.37. The molecule has 1 heterocycles. The first kappa shape index (κ1) is 14.2. The van der Waals surface area contributed by atoms with E-state index >= 15 is 0 Å². The molecule has 20 heavy (non-hydrogen) atoms. The second-order valence-electron chi connectivity index (χ2n) is 5.13. The first-order valence-corrected chi connectivity index (χ1v) is 6.53. The summed E-state index contributed by atoms with van der Waals surface area (Å²) in [4.78, 5) is 46.2. The van der Waals surface area contributed by atoms with Gasteiger partial charge in [-0.3, -0.25) is 20.2 Å². The zero-order valence-electron chi connectivity index (χ0n) is 10.8. The third-order valence-electron chi connectivity index (χ3n) is 4.02. The number of carboxylic acids is 1. The van der Waals surface area contributed by atoms with E-state index < -0.39 is 29.2 Å². The average molecular weight is 280 g/mol. The molecule has 0 aromatic carbocycles. The summed E-state index contributed by atoms with van der Waals surface area (Å²) in [5, 5.41) is 12.9. The van der Waals surface area contributed by atoms with Gasteiger partial charge in [0.1, 0.15) is 5.41 Å².